The van der Waals surface area contributed by atoms with Crippen molar-refractivity contribution >= 4 is 40.7 Å². The van der Waals surface area contributed by atoms with Gasteiger partial charge < -0.3 is 10.2 Å². The monoisotopic (exact) mass is 404 g/mol. The molecule has 2 amide bonds. The molecule has 0 bridgehead atoms. The van der Waals surface area contributed by atoms with E-state index in [1.54, 1.807) is 24.3 Å². The summed E-state index contributed by atoms with van der Waals surface area (Å²) in [6.07, 6.45) is 4.32. The SMILES string of the molecule is CN(CC(=O)Nc1ccc(Cl)c(Cl)c1)C(=O)c1ccc(-n2cncn2)nc1. The standard InChI is InChI=1S/C17H14Cl2N6O2/c1-24(8-16(26)23-12-3-4-13(18)14(19)6-12)17(27)11-2-5-15(21-7-11)25-10-20-9-22-25/h2-7,9-10H,8H2,1H3,(H,23,26). The first kappa shape index (κ1) is 18.8. The minimum Gasteiger partial charge on any atom is -0.332 e. The predicted molar refractivity (Wildman–Crippen MR) is 101 cm³/mol. The molecule has 1 aromatic carbocycles. The van der Waals surface area contributed by atoms with Crippen molar-refractivity contribution in [3.05, 3.63) is 64.8 Å². The van der Waals surface area contributed by atoms with Gasteiger partial charge in [0.25, 0.3) is 5.91 Å². The molecular formula is C17H14Cl2N6O2. The number of nitrogens with one attached hydrogen (secondary N) is 1. The first-order valence-corrected chi connectivity index (χ1v) is 8.51. The molecule has 0 spiro atoms. The molecule has 8 nitrogen and oxygen atoms in total. The number of nitrogens with zero attached hydrogens (tertiary/aromatic N) is 5. The molecule has 27 heavy (non-hydrogen) atoms. The molecule has 0 aliphatic rings. The number of halogens is 2. The van der Waals surface area contributed by atoms with E-state index in [9.17, 15) is 9.59 Å². The number of hydrogen-bond donors (Lipinski definition) is 1. The highest BCUT2D eigenvalue weighted by molar-refractivity contribution is 6.42. The summed E-state index contributed by atoms with van der Waals surface area (Å²) in [7, 11) is 1.53. The van der Waals surface area contributed by atoms with E-state index in [4.69, 9.17) is 23.2 Å². The van der Waals surface area contributed by atoms with Crippen LogP contribution < -0.4 is 5.32 Å². The van der Waals surface area contributed by atoms with Gasteiger partial charge in [0.1, 0.15) is 12.7 Å². The van der Waals surface area contributed by atoms with Gasteiger partial charge in [-0.3, -0.25) is 9.59 Å². The molecule has 1 N–H and O–H groups in total. The molecule has 2 aromatic heterocycles. The topological polar surface area (TPSA) is 93.0 Å². The van der Waals surface area contributed by atoms with E-state index in [0.29, 0.717) is 27.1 Å². The van der Waals surface area contributed by atoms with Gasteiger partial charge in [-0.1, -0.05) is 23.2 Å². The number of pyridine rings is 1. The Morgan fingerprint density at radius 3 is 2.63 bits per heavy atom. The lowest BCUT2D eigenvalue weighted by Gasteiger charge is -2.17. The molecule has 0 aliphatic carbocycles. The molecule has 0 aliphatic heterocycles. The molecule has 2 heterocycles. The third-order valence-corrected chi connectivity index (χ3v) is 4.32. The number of hydrogen-bond acceptors (Lipinski definition) is 5. The summed E-state index contributed by atoms with van der Waals surface area (Å²) in [5.74, 6) is -0.169. The van der Waals surface area contributed by atoms with Crippen LogP contribution in [0.25, 0.3) is 5.82 Å². The number of rotatable bonds is 5. The second kappa shape index (κ2) is 8.15. The van der Waals surface area contributed by atoms with Crippen molar-refractivity contribution in [3.8, 4) is 5.82 Å². The van der Waals surface area contributed by atoms with Crippen LogP contribution in [0.3, 0.4) is 0 Å². The quantitative estimate of drug-likeness (QED) is 0.705. The molecule has 0 radical (unpaired) electrons. The van der Waals surface area contributed by atoms with Gasteiger partial charge in [0.15, 0.2) is 5.82 Å². The smallest absolute Gasteiger partial charge is 0.255 e. The Hall–Kier alpha value is -2.97. The van der Waals surface area contributed by atoms with Crippen LogP contribution in [0.5, 0.6) is 0 Å². The predicted octanol–water partition coefficient (Wildman–Crippen LogP) is 2.68. The lowest BCUT2D eigenvalue weighted by Crippen LogP contribution is -2.35. The van der Waals surface area contributed by atoms with Crippen LogP contribution >= 0.6 is 23.2 Å². The molecule has 3 aromatic rings. The highest BCUT2D eigenvalue weighted by atomic mass is 35.5. The van der Waals surface area contributed by atoms with E-state index in [1.807, 2.05) is 0 Å². The van der Waals surface area contributed by atoms with Crippen molar-refractivity contribution < 1.29 is 9.59 Å². The van der Waals surface area contributed by atoms with E-state index in [0.717, 1.165) is 0 Å². The third kappa shape index (κ3) is 4.60. The Balaban J connectivity index is 1.61. The number of aromatic nitrogens is 4. The molecule has 0 saturated heterocycles. The summed E-state index contributed by atoms with van der Waals surface area (Å²) >= 11 is 11.8. The maximum absolute atomic E-state index is 12.5. The third-order valence-electron chi connectivity index (χ3n) is 3.58. The van der Waals surface area contributed by atoms with Gasteiger partial charge in [0.2, 0.25) is 5.91 Å². The molecule has 0 saturated carbocycles. The van der Waals surface area contributed by atoms with Crippen molar-refractivity contribution in [1.82, 2.24) is 24.6 Å². The fraction of sp³-hybridized carbons (Fsp3) is 0.118. The zero-order valence-corrected chi connectivity index (χ0v) is 15.6. The molecule has 3 rings (SSSR count). The first-order chi connectivity index (χ1) is 12.9. The van der Waals surface area contributed by atoms with Gasteiger partial charge in [-0.25, -0.2) is 14.6 Å². The number of benzene rings is 1. The van der Waals surface area contributed by atoms with Crippen LogP contribution in [0.1, 0.15) is 10.4 Å². The first-order valence-electron chi connectivity index (χ1n) is 7.75. The Bertz CT molecular complexity index is 960. The summed E-state index contributed by atoms with van der Waals surface area (Å²) in [6, 6.07) is 8.00. The van der Waals surface area contributed by atoms with Gasteiger partial charge in [-0.15, -0.1) is 0 Å². The van der Waals surface area contributed by atoms with Crippen LogP contribution in [0.15, 0.2) is 49.2 Å². The lowest BCUT2D eigenvalue weighted by molar-refractivity contribution is -0.116. The zero-order chi connectivity index (χ0) is 19.4. The average molecular weight is 405 g/mol. The molecule has 10 heteroatoms. The molecule has 138 valence electrons. The Labute approximate surface area is 164 Å². The molecule has 0 unspecified atom stereocenters. The Kier molecular flexibility index (Phi) is 5.68. The maximum atomic E-state index is 12.5. The van der Waals surface area contributed by atoms with Crippen molar-refractivity contribution in [3.63, 3.8) is 0 Å². The van der Waals surface area contributed by atoms with E-state index in [-0.39, 0.29) is 18.4 Å². The van der Waals surface area contributed by atoms with E-state index < -0.39 is 0 Å². The summed E-state index contributed by atoms with van der Waals surface area (Å²) in [4.78, 5) is 33.9. The van der Waals surface area contributed by atoms with Crippen molar-refractivity contribution in [2.45, 2.75) is 0 Å². The van der Waals surface area contributed by atoms with E-state index in [2.05, 4.69) is 20.4 Å². The van der Waals surface area contributed by atoms with Gasteiger partial charge >= 0.3 is 0 Å². The minimum absolute atomic E-state index is 0.135. The highest BCUT2D eigenvalue weighted by Crippen LogP contribution is 2.24. The van der Waals surface area contributed by atoms with Crippen molar-refractivity contribution in [2.75, 3.05) is 18.9 Å². The van der Waals surface area contributed by atoms with Crippen LogP contribution in [-0.2, 0) is 4.79 Å². The fourth-order valence-electron chi connectivity index (χ4n) is 2.26. The summed E-state index contributed by atoms with van der Waals surface area (Å²) < 4.78 is 1.47. The molecule has 0 atom stereocenters. The summed E-state index contributed by atoms with van der Waals surface area (Å²) in [5.41, 5.74) is 0.845. The van der Waals surface area contributed by atoms with E-state index >= 15 is 0 Å². The fourth-order valence-corrected chi connectivity index (χ4v) is 2.55. The number of anilines is 1. The van der Waals surface area contributed by atoms with E-state index in [1.165, 1.54) is 41.5 Å². The van der Waals surface area contributed by atoms with Crippen LogP contribution in [-0.4, -0.2) is 50.1 Å². The minimum atomic E-state index is -0.364. The van der Waals surface area contributed by atoms with Gasteiger partial charge in [-0.2, -0.15) is 5.10 Å². The van der Waals surface area contributed by atoms with Crippen molar-refractivity contribution in [2.24, 2.45) is 0 Å². The van der Waals surface area contributed by atoms with Gasteiger partial charge in [0.05, 0.1) is 22.2 Å². The number of likely N-dealkylation sites (N-methyl/N-ethyl adjacent to an activating group) is 1. The van der Waals surface area contributed by atoms with Crippen LogP contribution in [0.2, 0.25) is 10.0 Å². The molecule has 0 fully saturated rings. The van der Waals surface area contributed by atoms with Crippen LogP contribution in [0.4, 0.5) is 5.69 Å². The van der Waals surface area contributed by atoms with Gasteiger partial charge in [-0.05, 0) is 30.3 Å². The number of amides is 2. The summed E-state index contributed by atoms with van der Waals surface area (Å²) in [5, 5.41) is 7.35. The largest absolute Gasteiger partial charge is 0.332 e. The highest BCUT2D eigenvalue weighted by Gasteiger charge is 2.16. The number of carbonyl (C=O) groups excluding carboxylic acids is 2. The zero-order valence-electron chi connectivity index (χ0n) is 14.1. The lowest BCUT2D eigenvalue weighted by atomic mass is 10.2. The average Bonchev–Trinajstić information content (AvgIpc) is 3.19. The Morgan fingerprint density at radius 2 is 2.00 bits per heavy atom. The van der Waals surface area contributed by atoms with Gasteiger partial charge in [0, 0.05) is 18.9 Å². The maximum Gasteiger partial charge on any atom is 0.255 e. The Morgan fingerprint density at radius 1 is 1.19 bits per heavy atom. The second-order valence-electron chi connectivity index (χ2n) is 5.58. The summed E-state index contributed by atoms with van der Waals surface area (Å²) in [6.45, 7) is -0.135. The number of carbonyl (C=O) groups is 2. The second-order valence-corrected chi connectivity index (χ2v) is 6.40. The molecular weight excluding hydrogens is 391 g/mol. The normalized spacial score (nSPS) is 10.5. The van der Waals surface area contributed by atoms with Crippen LogP contribution in [0, 0.1) is 0 Å². The van der Waals surface area contributed by atoms with Crippen molar-refractivity contribution in [1.29, 1.82) is 0 Å².